The summed E-state index contributed by atoms with van der Waals surface area (Å²) in [6, 6.07) is 7.61. The van der Waals surface area contributed by atoms with Gasteiger partial charge in [0.2, 0.25) is 0 Å². The molecule has 1 aliphatic rings. The first-order chi connectivity index (χ1) is 15.1. The van der Waals surface area contributed by atoms with Gasteiger partial charge in [-0.15, -0.1) is 0 Å². The molecule has 1 aromatic heterocycles. The number of nitrogen functional groups attached to an aromatic ring is 1. The van der Waals surface area contributed by atoms with Gasteiger partial charge in [0.15, 0.2) is 5.69 Å². The number of nitriles is 1. The Balaban J connectivity index is 1.80. The number of carbonyl (C=O) groups is 2. The van der Waals surface area contributed by atoms with Gasteiger partial charge in [-0.1, -0.05) is 0 Å². The molecule has 0 unspecified atom stereocenters. The zero-order chi connectivity index (χ0) is 23.6. The van der Waals surface area contributed by atoms with Crippen LogP contribution in [-0.4, -0.2) is 60.4 Å². The summed E-state index contributed by atoms with van der Waals surface area (Å²) in [4.78, 5) is 28.4. The van der Waals surface area contributed by atoms with E-state index in [2.05, 4.69) is 20.8 Å². The summed E-state index contributed by atoms with van der Waals surface area (Å²) in [5.41, 5.74) is 7.45. The fraction of sp³-hybridized carbons (Fsp3) is 0.409. The van der Waals surface area contributed by atoms with Crippen LogP contribution in [0.15, 0.2) is 28.9 Å². The van der Waals surface area contributed by atoms with Crippen molar-refractivity contribution in [1.82, 2.24) is 9.47 Å². The molecule has 2 heterocycles. The van der Waals surface area contributed by atoms with Gasteiger partial charge in [0.1, 0.15) is 11.7 Å². The van der Waals surface area contributed by atoms with Crippen LogP contribution in [0.1, 0.15) is 36.8 Å². The van der Waals surface area contributed by atoms with Crippen LogP contribution in [0.2, 0.25) is 0 Å². The predicted octanol–water partition coefficient (Wildman–Crippen LogP) is 3.54. The number of benzene rings is 1. The third-order valence-electron chi connectivity index (χ3n) is 5.03. The van der Waals surface area contributed by atoms with Crippen LogP contribution in [0.25, 0.3) is 5.69 Å². The molecular weight excluding hydrogens is 478 g/mol. The first-order valence-corrected chi connectivity index (χ1v) is 10.9. The SMILES string of the molecule is COC(=O)c1c(N)c(C#N)cn1-c1ccc(N2CCN(C(=O)OC(C)(C)C)CC2)c(Br)c1. The number of ether oxygens (including phenoxy) is 2. The summed E-state index contributed by atoms with van der Waals surface area (Å²) in [5.74, 6) is -0.623. The Hall–Kier alpha value is -3.19. The van der Waals surface area contributed by atoms with Crippen molar-refractivity contribution in [2.24, 2.45) is 0 Å². The predicted molar refractivity (Wildman–Crippen MR) is 124 cm³/mol. The normalized spacial score (nSPS) is 14.1. The second-order valence-corrected chi connectivity index (χ2v) is 9.22. The molecule has 9 nitrogen and oxygen atoms in total. The third kappa shape index (κ3) is 4.83. The molecule has 1 aromatic carbocycles. The lowest BCUT2D eigenvalue weighted by Crippen LogP contribution is -2.50. The number of piperazine rings is 1. The molecule has 3 rings (SSSR count). The van der Waals surface area contributed by atoms with Crippen LogP contribution >= 0.6 is 15.9 Å². The summed E-state index contributed by atoms with van der Waals surface area (Å²) in [6.07, 6.45) is 1.21. The lowest BCUT2D eigenvalue weighted by atomic mass is 10.2. The van der Waals surface area contributed by atoms with Gasteiger partial charge in [0.05, 0.1) is 24.0 Å². The topological polar surface area (TPSA) is 114 Å². The first-order valence-electron chi connectivity index (χ1n) is 10.1. The highest BCUT2D eigenvalue weighted by Gasteiger charge is 2.27. The Morgan fingerprint density at radius 3 is 2.38 bits per heavy atom. The number of nitrogens with zero attached hydrogens (tertiary/aromatic N) is 4. The van der Waals surface area contributed by atoms with Crippen molar-refractivity contribution < 1.29 is 19.1 Å². The molecule has 0 saturated carbocycles. The van der Waals surface area contributed by atoms with Gasteiger partial charge in [0, 0.05) is 42.5 Å². The van der Waals surface area contributed by atoms with E-state index in [4.69, 9.17) is 15.2 Å². The highest BCUT2D eigenvalue weighted by molar-refractivity contribution is 9.10. The summed E-state index contributed by atoms with van der Waals surface area (Å²) >= 11 is 3.61. The van der Waals surface area contributed by atoms with E-state index in [1.807, 2.05) is 45.0 Å². The van der Waals surface area contributed by atoms with Gasteiger partial charge in [-0.3, -0.25) is 0 Å². The highest BCUT2D eigenvalue weighted by Crippen LogP contribution is 2.32. The Bertz CT molecular complexity index is 1080. The molecule has 1 saturated heterocycles. The number of aromatic nitrogens is 1. The number of hydrogen-bond acceptors (Lipinski definition) is 7. The lowest BCUT2D eigenvalue weighted by molar-refractivity contribution is 0.0240. The maximum atomic E-state index is 12.3. The summed E-state index contributed by atoms with van der Waals surface area (Å²) in [6.45, 7) is 7.96. The number of anilines is 2. The van der Waals surface area contributed by atoms with Crippen LogP contribution in [0.5, 0.6) is 0 Å². The Kier molecular flexibility index (Phi) is 6.69. The number of amides is 1. The quantitative estimate of drug-likeness (QED) is 0.636. The number of hydrogen-bond donors (Lipinski definition) is 1. The smallest absolute Gasteiger partial charge is 0.410 e. The molecule has 2 N–H and O–H groups in total. The summed E-state index contributed by atoms with van der Waals surface area (Å²) in [5, 5.41) is 9.30. The highest BCUT2D eigenvalue weighted by atomic mass is 79.9. The molecule has 0 radical (unpaired) electrons. The molecule has 10 heteroatoms. The molecule has 1 fully saturated rings. The van der Waals surface area contributed by atoms with Gasteiger partial charge in [-0.05, 0) is 54.9 Å². The Labute approximate surface area is 195 Å². The maximum absolute atomic E-state index is 12.3. The molecule has 170 valence electrons. The third-order valence-corrected chi connectivity index (χ3v) is 5.66. The Morgan fingerprint density at radius 2 is 1.84 bits per heavy atom. The van der Waals surface area contributed by atoms with Crippen molar-refractivity contribution in [2.75, 3.05) is 43.9 Å². The first kappa shape index (κ1) is 23.5. The van der Waals surface area contributed by atoms with E-state index in [9.17, 15) is 14.9 Å². The van der Waals surface area contributed by atoms with Crippen LogP contribution in [-0.2, 0) is 9.47 Å². The summed E-state index contributed by atoms with van der Waals surface area (Å²) < 4.78 is 12.6. The second kappa shape index (κ2) is 9.12. The lowest BCUT2D eigenvalue weighted by Gasteiger charge is -2.37. The van der Waals surface area contributed by atoms with Crippen molar-refractivity contribution >= 4 is 39.4 Å². The monoisotopic (exact) mass is 503 g/mol. The zero-order valence-corrected chi connectivity index (χ0v) is 20.1. The van der Waals surface area contributed by atoms with Gasteiger partial charge in [-0.2, -0.15) is 5.26 Å². The van der Waals surface area contributed by atoms with E-state index >= 15 is 0 Å². The number of carbonyl (C=O) groups excluding carboxylic acids is 2. The van der Waals surface area contributed by atoms with Gasteiger partial charge >= 0.3 is 12.1 Å². The largest absolute Gasteiger partial charge is 0.464 e. The van der Waals surface area contributed by atoms with Crippen LogP contribution in [0, 0.1) is 11.3 Å². The molecule has 0 aliphatic carbocycles. The van der Waals surface area contributed by atoms with Gasteiger partial charge < -0.3 is 29.6 Å². The van der Waals surface area contributed by atoms with Crippen LogP contribution in [0.4, 0.5) is 16.2 Å². The molecule has 0 bridgehead atoms. The molecule has 1 amide bonds. The van der Waals surface area contributed by atoms with Crippen LogP contribution < -0.4 is 10.6 Å². The van der Waals surface area contributed by atoms with Crippen molar-refractivity contribution in [2.45, 2.75) is 26.4 Å². The van der Waals surface area contributed by atoms with Crippen molar-refractivity contribution in [3.05, 3.63) is 40.1 Å². The molecule has 0 atom stereocenters. The van der Waals surface area contributed by atoms with Gasteiger partial charge in [-0.25, -0.2) is 9.59 Å². The van der Waals surface area contributed by atoms with E-state index in [1.165, 1.54) is 13.3 Å². The van der Waals surface area contributed by atoms with Crippen LogP contribution in [0.3, 0.4) is 0 Å². The average Bonchev–Trinajstić information content (AvgIpc) is 3.08. The molecule has 0 spiro atoms. The number of rotatable bonds is 3. The minimum Gasteiger partial charge on any atom is -0.464 e. The fourth-order valence-corrected chi connectivity index (χ4v) is 4.09. The van der Waals surface area contributed by atoms with Crippen molar-refractivity contribution in [1.29, 1.82) is 5.26 Å². The van der Waals surface area contributed by atoms with E-state index in [0.717, 1.165) is 10.2 Å². The number of methoxy groups -OCH3 is 1. The maximum Gasteiger partial charge on any atom is 0.410 e. The second-order valence-electron chi connectivity index (χ2n) is 8.37. The number of nitrogens with two attached hydrogens (primary N) is 1. The summed E-state index contributed by atoms with van der Waals surface area (Å²) in [7, 11) is 1.26. The number of esters is 1. The average molecular weight is 504 g/mol. The minimum absolute atomic E-state index is 0.0813. The van der Waals surface area contributed by atoms with Crippen molar-refractivity contribution in [3.63, 3.8) is 0 Å². The van der Waals surface area contributed by atoms with Gasteiger partial charge in [0.25, 0.3) is 0 Å². The van der Waals surface area contributed by atoms with E-state index in [1.54, 1.807) is 9.47 Å². The number of halogens is 1. The van der Waals surface area contributed by atoms with E-state index in [0.29, 0.717) is 31.9 Å². The fourth-order valence-electron chi connectivity index (χ4n) is 3.48. The van der Waals surface area contributed by atoms with E-state index in [-0.39, 0.29) is 23.0 Å². The minimum atomic E-state index is -0.623. The van der Waals surface area contributed by atoms with Crippen molar-refractivity contribution in [3.8, 4) is 11.8 Å². The molecular formula is C22H26BrN5O4. The standard InChI is InChI=1S/C22H26BrN5O4/c1-22(2,3)32-21(30)27-9-7-26(8-10-27)17-6-5-15(11-16(17)23)28-13-14(12-24)18(25)19(28)20(29)31-4/h5-6,11,13H,7-10,25H2,1-4H3. The van der Waals surface area contributed by atoms with E-state index < -0.39 is 11.6 Å². The molecule has 2 aromatic rings. The Morgan fingerprint density at radius 1 is 1.19 bits per heavy atom. The molecule has 32 heavy (non-hydrogen) atoms. The molecule has 1 aliphatic heterocycles. The zero-order valence-electron chi connectivity index (χ0n) is 18.5.